The summed E-state index contributed by atoms with van der Waals surface area (Å²) in [6.07, 6.45) is -7.22. The van der Waals surface area contributed by atoms with Gasteiger partial charge >= 0.3 is 33.4 Å². The van der Waals surface area contributed by atoms with E-state index in [9.17, 15) is 47.9 Å². The van der Waals surface area contributed by atoms with Gasteiger partial charge in [-0.15, -0.1) is 0 Å². The highest BCUT2D eigenvalue weighted by Crippen LogP contribution is 2.71. The molecule has 0 N–H and O–H groups in total. The van der Waals surface area contributed by atoms with Crippen molar-refractivity contribution < 1.29 is 56.3 Å². The predicted octanol–water partition coefficient (Wildman–Crippen LogP) is 8.83. The minimum atomic E-state index is -7.46. The number of alkyl halides is 9. The maximum atomic E-state index is 14.9. The molecule has 3 rings (SSSR count). The Labute approximate surface area is 231 Å². The molecule has 3 aromatic rings. The van der Waals surface area contributed by atoms with Gasteiger partial charge in [-0.2, -0.15) is 47.9 Å². The molecule has 0 spiro atoms. The second-order valence-corrected chi connectivity index (χ2v) is 14.0. The largest absolute Gasteiger partial charge is 0.488 e. The zero-order valence-electron chi connectivity index (χ0n) is 21.4. The fourth-order valence-corrected chi connectivity index (χ4v) is 8.72. The fraction of sp³-hybridized carbons (Fsp3) is 0.308. The molecule has 0 aromatic heterocycles. The number of benzene rings is 3. The molecule has 3 aromatic carbocycles. The molecular weight excluding hydrogens is 611 g/mol. The van der Waals surface area contributed by atoms with Crippen LogP contribution in [0.4, 0.5) is 39.5 Å². The second kappa shape index (κ2) is 10.7. The lowest BCUT2D eigenvalue weighted by Crippen LogP contribution is -2.63. The quantitative estimate of drug-likeness (QED) is 0.221. The normalized spacial score (nSPS) is 14.5. The van der Waals surface area contributed by atoms with Crippen LogP contribution in [0, 0.1) is 0 Å². The van der Waals surface area contributed by atoms with Crippen molar-refractivity contribution in [2.75, 3.05) is 0 Å². The van der Waals surface area contributed by atoms with Gasteiger partial charge in [0, 0.05) is 14.7 Å². The molecular formula is C26H23F9O4S2. The Morgan fingerprint density at radius 1 is 0.561 bits per heavy atom. The monoisotopic (exact) mass is 634 g/mol. The molecule has 41 heavy (non-hydrogen) atoms. The van der Waals surface area contributed by atoms with Gasteiger partial charge in [0.15, 0.2) is 0 Å². The number of ether oxygens (including phenoxy) is 1. The van der Waals surface area contributed by atoms with Gasteiger partial charge in [0.25, 0.3) is 0 Å². The molecule has 0 saturated heterocycles. The van der Waals surface area contributed by atoms with E-state index in [0.717, 1.165) is 0 Å². The van der Waals surface area contributed by atoms with Crippen LogP contribution < -0.4 is 4.74 Å². The van der Waals surface area contributed by atoms with Crippen LogP contribution in [0.25, 0.3) is 0 Å². The van der Waals surface area contributed by atoms with E-state index < -0.39 is 49.3 Å². The van der Waals surface area contributed by atoms with Crippen LogP contribution in [-0.2, 0) is 13.7 Å². The van der Waals surface area contributed by atoms with Crippen molar-refractivity contribution >= 4 is 20.4 Å². The third-order valence-corrected chi connectivity index (χ3v) is 10.6. The maximum Gasteiger partial charge on any atom is 0.460 e. The summed E-state index contributed by atoms with van der Waals surface area (Å²) in [6.45, 7) is 5.12. The van der Waals surface area contributed by atoms with Gasteiger partial charge in [-0.05, 0) is 79.6 Å². The van der Waals surface area contributed by atoms with E-state index >= 15 is 0 Å². The van der Waals surface area contributed by atoms with E-state index in [4.69, 9.17) is 8.37 Å². The second-order valence-electron chi connectivity index (χ2n) is 9.55. The summed E-state index contributed by atoms with van der Waals surface area (Å²) in [6, 6.07) is 18.0. The fourth-order valence-electron chi connectivity index (χ4n) is 3.50. The zero-order valence-corrected chi connectivity index (χ0v) is 23.1. The Bertz CT molecular complexity index is 1400. The Balaban J connectivity index is 2.33. The average molecular weight is 635 g/mol. The first-order valence-electron chi connectivity index (χ1n) is 11.5. The summed E-state index contributed by atoms with van der Waals surface area (Å²) in [5.41, 5.74) is -0.707. The van der Waals surface area contributed by atoms with Crippen LogP contribution in [0.1, 0.15) is 20.8 Å². The Morgan fingerprint density at radius 3 is 1.32 bits per heavy atom. The highest BCUT2D eigenvalue weighted by molar-refractivity contribution is 8.33. The Kier molecular flexibility index (Phi) is 8.53. The van der Waals surface area contributed by atoms with E-state index in [1.165, 1.54) is 84.9 Å². The van der Waals surface area contributed by atoms with Crippen molar-refractivity contribution in [2.24, 2.45) is 0 Å². The van der Waals surface area contributed by atoms with Crippen LogP contribution in [0.3, 0.4) is 0 Å². The highest BCUT2D eigenvalue weighted by atomic mass is 32.3. The SMILES string of the molecule is CC(C)(C)Oc1ccc(S(OS(=O)(=O)C(F)(F)C(F)(F)C(F)(F)C(F)(F)F)(c2ccccc2)c2ccccc2)cc1. The highest BCUT2D eigenvalue weighted by Gasteiger charge is 2.86. The van der Waals surface area contributed by atoms with Crippen LogP contribution in [0.5, 0.6) is 5.75 Å². The molecule has 0 atom stereocenters. The summed E-state index contributed by atoms with van der Waals surface area (Å²) in [4.78, 5) is -0.566. The van der Waals surface area contributed by atoms with Crippen molar-refractivity contribution in [2.45, 2.75) is 64.3 Å². The van der Waals surface area contributed by atoms with Gasteiger partial charge in [-0.25, -0.2) is 3.63 Å². The number of halogens is 9. The Hall–Kier alpha value is -2.91. The molecule has 0 aliphatic heterocycles. The van der Waals surface area contributed by atoms with Gasteiger partial charge in [-0.3, -0.25) is 0 Å². The summed E-state index contributed by atoms with van der Waals surface area (Å²) in [7, 11) is -11.3. The van der Waals surface area contributed by atoms with E-state index in [0.29, 0.717) is 0 Å². The van der Waals surface area contributed by atoms with Crippen LogP contribution in [-0.4, -0.2) is 37.3 Å². The summed E-state index contributed by atoms with van der Waals surface area (Å²) in [5, 5.41) is -7.05. The summed E-state index contributed by atoms with van der Waals surface area (Å²) in [5.74, 6) is -14.7. The molecule has 4 nitrogen and oxygen atoms in total. The van der Waals surface area contributed by atoms with Crippen LogP contribution in [0.2, 0.25) is 0 Å². The molecule has 0 radical (unpaired) electrons. The number of hydrogen-bond donors (Lipinski definition) is 0. The Morgan fingerprint density at radius 2 is 0.951 bits per heavy atom. The summed E-state index contributed by atoms with van der Waals surface area (Å²) >= 11 is 0. The molecule has 0 unspecified atom stereocenters. The average Bonchev–Trinajstić information content (AvgIpc) is 2.87. The van der Waals surface area contributed by atoms with Crippen LogP contribution >= 0.6 is 10.3 Å². The minimum Gasteiger partial charge on any atom is -0.488 e. The third-order valence-electron chi connectivity index (χ3n) is 5.35. The minimum absolute atomic E-state index is 0.180. The first-order valence-corrected chi connectivity index (χ1v) is 14.5. The maximum absolute atomic E-state index is 14.9. The van der Waals surface area contributed by atoms with E-state index in [1.54, 1.807) is 20.8 Å². The smallest absolute Gasteiger partial charge is 0.460 e. The van der Waals surface area contributed by atoms with Gasteiger partial charge < -0.3 is 4.74 Å². The number of rotatable bonds is 9. The summed E-state index contributed by atoms with van der Waals surface area (Å²) < 4.78 is 160. The van der Waals surface area contributed by atoms with Gasteiger partial charge in [-0.1, -0.05) is 36.4 Å². The zero-order chi connectivity index (χ0) is 31.1. The van der Waals surface area contributed by atoms with Crippen LogP contribution in [0.15, 0.2) is 99.6 Å². The first-order chi connectivity index (χ1) is 18.6. The van der Waals surface area contributed by atoms with Crippen molar-refractivity contribution in [3.05, 3.63) is 84.9 Å². The molecule has 0 aliphatic carbocycles. The van der Waals surface area contributed by atoms with Crippen molar-refractivity contribution in [1.82, 2.24) is 0 Å². The molecule has 0 bridgehead atoms. The molecule has 226 valence electrons. The predicted molar refractivity (Wildman–Crippen MR) is 133 cm³/mol. The topological polar surface area (TPSA) is 52.6 Å². The third kappa shape index (κ3) is 5.89. The lowest BCUT2D eigenvalue weighted by atomic mass is 10.1. The molecule has 15 heteroatoms. The lowest BCUT2D eigenvalue weighted by molar-refractivity contribution is -0.382. The van der Waals surface area contributed by atoms with E-state index in [1.807, 2.05) is 0 Å². The lowest BCUT2D eigenvalue weighted by Gasteiger charge is -2.41. The number of hydrogen-bond acceptors (Lipinski definition) is 4. The van der Waals surface area contributed by atoms with Crippen molar-refractivity contribution in [3.63, 3.8) is 0 Å². The molecule has 0 amide bonds. The van der Waals surface area contributed by atoms with E-state index in [-0.39, 0.29) is 20.4 Å². The van der Waals surface area contributed by atoms with Gasteiger partial charge in [0.2, 0.25) is 0 Å². The van der Waals surface area contributed by atoms with Crippen molar-refractivity contribution in [1.29, 1.82) is 0 Å². The first kappa shape index (κ1) is 32.6. The van der Waals surface area contributed by atoms with Gasteiger partial charge in [0.1, 0.15) is 11.4 Å². The van der Waals surface area contributed by atoms with E-state index in [2.05, 4.69) is 0 Å². The molecule has 0 fully saturated rings. The van der Waals surface area contributed by atoms with Crippen molar-refractivity contribution in [3.8, 4) is 5.75 Å². The standard InChI is InChI=1S/C26H23F9O4S2/c1-22(2,3)38-18-14-16-21(17-15-18)40(19-10-6-4-7-11-19,20-12-8-5-9-13-20)39-41(36,37)26(34,35)24(29,30)23(27,28)25(31,32)33/h4-17H,1-3H3. The molecule has 0 saturated carbocycles. The molecule has 0 heterocycles. The molecule has 0 aliphatic rings. The van der Waals surface area contributed by atoms with Gasteiger partial charge in [0.05, 0.1) is 0 Å².